The predicted molar refractivity (Wildman–Crippen MR) is 83.8 cm³/mol. The van der Waals surface area contributed by atoms with Crippen molar-refractivity contribution in [1.29, 1.82) is 0 Å². The third-order valence-corrected chi connectivity index (χ3v) is 5.11. The number of hydrogen-bond donors (Lipinski definition) is 1. The zero-order valence-electron chi connectivity index (χ0n) is 12.3. The molecule has 0 bridgehead atoms. The summed E-state index contributed by atoms with van der Waals surface area (Å²) in [6.07, 6.45) is 3.45. The minimum Gasteiger partial charge on any atom is -0.312 e. The van der Waals surface area contributed by atoms with Crippen molar-refractivity contribution in [1.82, 2.24) is 5.32 Å². The van der Waals surface area contributed by atoms with Crippen LogP contribution in [0.25, 0.3) is 0 Å². The van der Waals surface area contributed by atoms with Gasteiger partial charge < -0.3 is 5.32 Å². The Hall–Kier alpha value is -0.0500. The zero-order chi connectivity index (χ0) is 13.8. The molecular formula is C15H26ClNS. The van der Waals surface area contributed by atoms with Crippen molar-refractivity contribution < 1.29 is 0 Å². The van der Waals surface area contributed by atoms with Gasteiger partial charge in [0.25, 0.3) is 0 Å². The van der Waals surface area contributed by atoms with Crippen LogP contribution < -0.4 is 5.32 Å². The van der Waals surface area contributed by atoms with Crippen LogP contribution in [0.4, 0.5) is 0 Å². The second-order valence-electron chi connectivity index (χ2n) is 6.18. The van der Waals surface area contributed by atoms with E-state index in [9.17, 15) is 0 Å². The second kappa shape index (κ2) is 6.40. The molecule has 0 atom stereocenters. The monoisotopic (exact) mass is 287 g/mol. The second-order valence-corrected chi connectivity index (χ2v) is 7.59. The van der Waals surface area contributed by atoms with Crippen LogP contribution in [-0.4, -0.2) is 12.1 Å². The predicted octanol–water partition coefficient (Wildman–Crippen LogP) is 5.14. The molecule has 0 amide bonds. The minimum atomic E-state index is 0.175. The molecule has 0 saturated carbocycles. The lowest BCUT2D eigenvalue weighted by atomic mass is 9.78. The van der Waals surface area contributed by atoms with Crippen LogP contribution in [0, 0.1) is 5.41 Å². The highest BCUT2D eigenvalue weighted by Crippen LogP contribution is 2.35. The van der Waals surface area contributed by atoms with Crippen molar-refractivity contribution in [2.75, 3.05) is 6.54 Å². The summed E-state index contributed by atoms with van der Waals surface area (Å²) in [5.41, 5.74) is 0.497. The Morgan fingerprint density at radius 2 is 1.83 bits per heavy atom. The van der Waals surface area contributed by atoms with Crippen LogP contribution in [0.5, 0.6) is 0 Å². The number of hydrogen-bond acceptors (Lipinski definition) is 2. The fourth-order valence-electron chi connectivity index (χ4n) is 2.06. The lowest BCUT2D eigenvalue weighted by Gasteiger charge is -2.35. The summed E-state index contributed by atoms with van der Waals surface area (Å²) in [6, 6.07) is 2.01. The van der Waals surface area contributed by atoms with Gasteiger partial charge in [0.1, 0.15) is 0 Å². The maximum atomic E-state index is 6.24. The molecule has 0 saturated heterocycles. The first kappa shape index (κ1) is 16.0. The van der Waals surface area contributed by atoms with Crippen LogP contribution in [0.3, 0.4) is 0 Å². The van der Waals surface area contributed by atoms with Crippen molar-refractivity contribution >= 4 is 22.9 Å². The Labute approximate surface area is 121 Å². The Balaban J connectivity index is 2.77. The molecule has 0 fully saturated rings. The van der Waals surface area contributed by atoms with Gasteiger partial charge in [0.2, 0.25) is 0 Å². The largest absolute Gasteiger partial charge is 0.312 e. The average molecular weight is 288 g/mol. The molecule has 18 heavy (non-hydrogen) atoms. The van der Waals surface area contributed by atoms with Crippen LogP contribution in [0.15, 0.2) is 11.4 Å². The summed E-state index contributed by atoms with van der Waals surface area (Å²) >= 11 is 8.02. The summed E-state index contributed by atoms with van der Waals surface area (Å²) < 4.78 is 0. The SMILES string of the molecule is CCC(CC)(CNC(C)(C)C)Cc1sccc1Cl. The molecule has 0 aliphatic heterocycles. The Morgan fingerprint density at radius 1 is 1.22 bits per heavy atom. The average Bonchev–Trinajstić information content (AvgIpc) is 2.69. The fraction of sp³-hybridized carbons (Fsp3) is 0.733. The van der Waals surface area contributed by atoms with E-state index in [-0.39, 0.29) is 5.54 Å². The van der Waals surface area contributed by atoms with Gasteiger partial charge in [-0.1, -0.05) is 25.4 Å². The molecule has 0 aliphatic carbocycles. The van der Waals surface area contributed by atoms with E-state index in [4.69, 9.17) is 11.6 Å². The van der Waals surface area contributed by atoms with Gasteiger partial charge in [-0.25, -0.2) is 0 Å². The molecule has 1 aromatic heterocycles. The Kier molecular flexibility index (Phi) is 5.69. The van der Waals surface area contributed by atoms with Crippen LogP contribution in [0.1, 0.15) is 52.3 Å². The first-order chi connectivity index (χ1) is 8.32. The third kappa shape index (κ3) is 4.56. The maximum absolute atomic E-state index is 6.24. The zero-order valence-corrected chi connectivity index (χ0v) is 13.8. The molecule has 3 heteroatoms. The molecule has 0 spiro atoms. The lowest BCUT2D eigenvalue weighted by molar-refractivity contribution is 0.221. The Morgan fingerprint density at radius 3 is 2.22 bits per heavy atom. The molecule has 1 rings (SSSR count). The van der Waals surface area contributed by atoms with Crippen LogP contribution >= 0.6 is 22.9 Å². The third-order valence-electron chi connectivity index (χ3n) is 3.72. The van der Waals surface area contributed by atoms with Gasteiger partial charge in [-0.3, -0.25) is 0 Å². The molecule has 0 unspecified atom stereocenters. The van der Waals surface area contributed by atoms with E-state index in [2.05, 4.69) is 45.3 Å². The smallest absolute Gasteiger partial charge is 0.0545 e. The summed E-state index contributed by atoms with van der Waals surface area (Å²) in [5.74, 6) is 0. The van der Waals surface area contributed by atoms with Crippen molar-refractivity contribution in [2.45, 2.75) is 59.4 Å². The molecular weight excluding hydrogens is 262 g/mol. The fourth-order valence-corrected chi connectivity index (χ4v) is 3.33. The standard InChI is InChI=1S/C15H26ClNS/c1-6-15(7-2,11-17-14(3,4)5)10-13-12(16)8-9-18-13/h8-9,17H,6-7,10-11H2,1-5H3. The molecule has 1 heterocycles. The molecule has 0 radical (unpaired) electrons. The van der Waals surface area contributed by atoms with E-state index < -0.39 is 0 Å². The first-order valence-corrected chi connectivity index (χ1v) is 8.04. The van der Waals surface area contributed by atoms with E-state index in [0.717, 1.165) is 18.0 Å². The van der Waals surface area contributed by atoms with Gasteiger partial charge in [-0.2, -0.15) is 0 Å². The van der Waals surface area contributed by atoms with Crippen LogP contribution in [0.2, 0.25) is 5.02 Å². The quantitative estimate of drug-likeness (QED) is 0.764. The summed E-state index contributed by atoms with van der Waals surface area (Å²) in [6.45, 7) is 12.3. The number of thiophene rings is 1. The molecule has 1 aromatic rings. The van der Waals surface area contributed by atoms with Gasteiger partial charge >= 0.3 is 0 Å². The van der Waals surface area contributed by atoms with Crippen molar-refractivity contribution in [3.63, 3.8) is 0 Å². The van der Waals surface area contributed by atoms with Crippen LogP contribution in [-0.2, 0) is 6.42 Å². The number of rotatable bonds is 6. The van der Waals surface area contributed by atoms with Crippen molar-refractivity contribution in [2.24, 2.45) is 5.41 Å². The highest BCUT2D eigenvalue weighted by atomic mass is 35.5. The highest BCUT2D eigenvalue weighted by molar-refractivity contribution is 7.10. The van der Waals surface area contributed by atoms with Crippen molar-refractivity contribution in [3.8, 4) is 0 Å². The minimum absolute atomic E-state index is 0.175. The summed E-state index contributed by atoms with van der Waals surface area (Å²) in [7, 11) is 0. The van der Waals surface area contributed by atoms with E-state index in [1.54, 1.807) is 11.3 Å². The Bertz CT molecular complexity index is 361. The normalized spacial score (nSPS) is 13.0. The number of nitrogens with one attached hydrogen (secondary N) is 1. The molecule has 0 aliphatic rings. The molecule has 1 N–H and O–H groups in total. The lowest BCUT2D eigenvalue weighted by Crippen LogP contribution is -2.44. The van der Waals surface area contributed by atoms with E-state index in [1.165, 1.54) is 17.7 Å². The summed E-state index contributed by atoms with van der Waals surface area (Å²) in [4.78, 5) is 1.33. The first-order valence-electron chi connectivity index (χ1n) is 6.79. The van der Waals surface area contributed by atoms with E-state index in [1.807, 2.05) is 6.07 Å². The molecule has 0 aromatic carbocycles. The number of halogens is 1. The van der Waals surface area contributed by atoms with Gasteiger partial charge in [-0.15, -0.1) is 11.3 Å². The van der Waals surface area contributed by atoms with E-state index >= 15 is 0 Å². The van der Waals surface area contributed by atoms with Gasteiger partial charge in [0.05, 0.1) is 5.02 Å². The molecule has 104 valence electrons. The van der Waals surface area contributed by atoms with Gasteiger partial charge in [-0.05, 0) is 56.9 Å². The maximum Gasteiger partial charge on any atom is 0.0545 e. The van der Waals surface area contributed by atoms with E-state index in [0.29, 0.717) is 5.41 Å². The molecule has 1 nitrogen and oxygen atoms in total. The highest BCUT2D eigenvalue weighted by Gasteiger charge is 2.29. The van der Waals surface area contributed by atoms with Crippen molar-refractivity contribution in [3.05, 3.63) is 21.3 Å². The topological polar surface area (TPSA) is 12.0 Å². The van der Waals surface area contributed by atoms with Gasteiger partial charge in [0.15, 0.2) is 0 Å². The summed E-state index contributed by atoms with van der Waals surface area (Å²) in [5, 5.41) is 6.68. The van der Waals surface area contributed by atoms with Gasteiger partial charge in [0, 0.05) is 17.0 Å².